The normalized spacial score (nSPS) is 17.6. The van der Waals surface area contributed by atoms with Gasteiger partial charge in [0.05, 0.1) is 0 Å². The van der Waals surface area contributed by atoms with Crippen molar-refractivity contribution in [1.82, 2.24) is 5.32 Å². The van der Waals surface area contributed by atoms with Gasteiger partial charge in [0.25, 0.3) is 0 Å². The molecule has 0 aliphatic rings. The van der Waals surface area contributed by atoms with Crippen LogP contribution in [0.25, 0.3) is 0 Å². The molecule has 0 aliphatic heterocycles. The molecule has 0 rings (SSSR count). The summed E-state index contributed by atoms with van der Waals surface area (Å²) in [5, 5.41) is 27.3. The highest BCUT2D eigenvalue weighted by atomic mass is 19.4. The van der Waals surface area contributed by atoms with Crippen LogP contribution in [0.3, 0.4) is 0 Å². The number of rotatable bonds is 5. The standard InChI is InChI=1S/C7H10F3NO5/c1-11-4(7(8,9)10)2(5(13)14)3(12)6(15)16/h2-4,11-12H,1H3,(H,13,14)(H,15,16). The number of carboxylic acids is 2. The molecule has 0 aromatic heterocycles. The Morgan fingerprint density at radius 2 is 1.62 bits per heavy atom. The van der Waals surface area contributed by atoms with Crippen LogP contribution in [0, 0.1) is 5.92 Å². The summed E-state index contributed by atoms with van der Waals surface area (Å²) in [5.74, 6) is -6.59. The smallest absolute Gasteiger partial charge is 0.404 e. The number of halogens is 3. The SMILES string of the molecule is CNC(C(C(=O)O)C(O)C(=O)O)C(F)(F)F. The predicted octanol–water partition coefficient (Wildman–Crippen LogP) is -0.717. The Hall–Kier alpha value is -1.35. The second-order valence-corrected chi connectivity index (χ2v) is 2.96. The highest BCUT2D eigenvalue weighted by Crippen LogP contribution is 2.27. The first-order valence-corrected chi connectivity index (χ1v) is 4.00. The fourth-order valence-corrected chi connectivity index (χ4v) is 1.16. The van der Waals surface area contributed by atoms with E-state index in [1.165, 1.54) is 0 Å². The van der Waals surface area contributed by atoms with Crippen molar-refractivity contribution in [3.63, 3.8) is 0 Å². The number of alkyl halides is 3. The van der Waals surface area contributed by atoms with Crippen LogP contribution in [0.15, 0.2) is 0 Å². The van der Waals surface area contributed by atoms with Crippen LogP contribution in [0.4, 0.5) is 13.2 Å². The Balaban J connectivity index is 5.18. The zero-order valence-electron chi connectivity index (χ0n) is 8.02. The molecule has 16 heavy (non-hydrogen) atoms. The fraction of sp³-hybridized carbons (Fsp3) is 0.714. The highest BCUT2D eigenvalue weighted by molar-refractivity contribution is 5.82. The topological polar surface area (TPSA) is 107 Å². The van der Waals surface area contributed by atoms with Crippen LogP contribution in [-0.4, -0.2) is 52.6 Å². The molecule has 0 saturated heterocycles. The van der Waals surface area contributed by atoms with E-state index >= 15 is 0 Å². The van der Waals surface area contributed by atoms with Crippen molar-refractivity contribution < 1.29 is 38.1 Å². The molecule has 0 saturated carbocycles. The lowest BCUT2D eigenvalue weighted by atomic mass is 9.93. The molecule has 6 nitrogen and oxygen atoms in total. The van der Waals surface area contributed by atoms with Gasteiger partial charge < -0.3 is 20.6 Å². The van der Waals surface area contributed by atoms with Gasteiger partial charge in [-0.15, -0.1) is 0 Å². The van der Waals surface area contributed by atoms with Gasteiger partial charge in [-0.1, -0.05) is 0 Å². The Bertz CT molecular complexity index is 280. The average molecular weight is 245 g/mol. The second-order valence-electron chi connectivity index (χ2n) is 2.96. The number of carboxylic acid groups (broad SMARTS) is 2. The number of aliphatic hydroxyl groups excluding tert-OH is 1. The lowest BCUT2D eigenvalue weighted by molar-refractivity contribution is -0.191. The summed E-state index contributed by atoms with van der Waals surface area (Å²) in [6.07, 6.45) is -7.62. The van der Waals surface area contributed by atoms with Crippen LogP contribution >= 0.6 is 0 Å². The molecule has 0 aromatic rings. The van der Waals surface area contributed by atoms with Crippen LogP contribution in [0.2, 0.25) is 0 Å². The van der Waals surface area contributed by atoms with Crippen molar-refractivity contribution in [3.8, 4) is 0 Å². The lowest BCUT2D eigenvalue weighted by Crippen LogP contribution is -2.54. The summed E-state index contributed by atoms with van der Waals surface area (Å²) >= 11 is 0. The maximum atomic E-state index is 12.3. The molecule has 0 aromatic carbocycles. The minimum absolute atomic E-state index is 0.822. The summed E-state index contributed by atoms with van der Waals surface area (Å²) in [4.78, 5) is 20.8. The van der Waals surface area contributed by atoms with E-state index in [9.17, 15) is 22.8 Å². The van der Waals surface area contributed by atoms with Crippen LogP contribution in [-0.2, 0) is 9.59 Å². The monoisotopic (exact) mass is 245 g/mol. The van der Waals surface area contributed by atoms with E-state index < -0.39 is 36.2 Å². The third-order valence-electron chi connectivity index (χ3n) is 1.90. The molecule has 3 unspecified atom stereocenters. The fourth-order valence-electron chi connectivity index (χ4n) is 1.16. The lowest BCUT2D eigenvalue weighted by Gasteiger charge is -2.27. The van der Waals surface area contributed by atoms with E-state index in [1.54, 1.807) is 5.32 Å². The minimum Gasteiger partial charge on any atom is -0.481 e. The molecule has 0 heterocycles. The minimum atomic E-state index is -4.98. The molecule has 0 bridgehead atoms. The molecule has 0 fully saturated rings. The van der Waals surface area contributed by atoms with Crippen molar-refractivity contribution in [2.45, 2.75) is 18.3 Å². The van der Waals surface area contributed by atoms with Gasteiger partial charge in [-0.3, -0.25) is 4.79 Å². The first-order chi connectivity index (χ1) is 7.12. The predicted molar refractivity (Wildman–Crippen MR) is 43.7 cm³/mol. The molecule has 0 amide bonds. The van der Waals surface area contributed by atoms with E-state index in [2.05, 4.69) is 0 Å². The second kappa shape index (κ2) is 5.12. The maximum absolute atomic E-state index is 12.3. The van der Waals surface area contributed by atoms with Crippen molar-refractivity contribution in [3.05, 3.63) is 0 Å². The van der Waals surface area contributed by atoms with Gasteiger partial charge in [0.1, 0.15) is 12.0 Å². The first-order valence-electron chi connectivity index (χ1n) is 4.00. The van der Waals surface area contributed by atoms with Crippen molar-refractivity contribution in [2.24, 2.45) is 5.92 Å². The quantitative estimate of drug-likeness (QED) is 0.509. The van der Waals surface area contributed by atoms with E-state index in [1.807, 2.05) is 0 Å². The summed E-state index contributed by atoms with van der Waals surface area (Å²) in [5.41, 5.74) is 0. The van der Waals surface area contributed by atoms with Gasteiger partial charge in [-0.25, -0.2) is 4.79 Å². The summed E-state index contributed by atoms with van der Waals surface area (Å²) in [6.45, 7) is 0. The average Bonchev–Trinajstić information content (AvgIpc) is 2.09. The molecule has 3 atom stereocenters. The van der Waals surface area contributed by atoms with Crippen molar-refractivity contribution in [1.29, 1.82) is 0 Å². The van der Waals surface area contributed by atoms with E-state index in [4.69, 9.17) is 15.3 Å². The van der Waals surface area contributed by atoms with Gasteiger partial charge in [0.2, 0.25) is 0 Å². The van der Waals surface area contributed by atoms with Crippen molar-refractivity contribution in [2.75, 3.05) is 7.05 Å². The third-order valence-corrected chi connectivity index (χ3v) is 1.90. The Labute approximate surface area is 87.7 Å². The molecular weight excluding hydrogens is 235 g/mol. The number of aliphatic carboxylic acids is 2. The third kappa shape index (κ3) is 3.35. The summed E-state index contributed by atoms with van der Waals surface area (Å²) in [6, 6.07) is -2.64. The molecular formula is C7H10F3NO5. The van der Waals surface area contributed by atoms with Gasteiger partial charge in [-0.05, 0) is 7.05 Å². The van der Waals surface area contributed by atoms with Crippen LogP contribution in [0.1, 0.15) is 0 Å². The molecule has 0 radical (unpaired) electrons. The number of hydrogen-bond donors (Lipinski definition) is 4. The molecule has 0 spiro atoms. The largest absolute Gasteiger partial charge is 0.481 e. The van der Waals surface area contributed by atoms with E-state index in [0.29, 0.717) is 0 Å². The van der Waals surface area contributed by atoms with Gasteiger partial charge in [-0.2, -0.15) is 13.2 Å². The summed E-state index contributed by atoms with van der Waals surface area (Å²) in [7, 11) is 0.822. The Morgan fingerprint density at radius 1 is 1.19 bits per heavy atom. The Morgan fingerprint density at radius 3 is 1.81 bits per heavy atom. The molecule has 9 heteroatoms. The zero-order chi connectivity index (χ0) is 13.1. The van der Waals surface area contributed by atoms with Gasteiger partial charge in [0.15, 0.2) is 6.10 Å². The molecule has 94 valence electrons. The molecule has 0 aliphatic carbocycles. The van der Waals surface area contributed by atoms with Gasteiger partial charge >= 0.3 is 18.1 Å². The summed E-state index contributed by atoms with van der Waals surface area (Å²) < 4.78 is 37.0. The van der Waals surface area contributed by atoms with Crippen LogP contribution in [0.5, 0.6) is 0 Å². The van der Waals surface area contributed by atoms with E-state index in [0.717, 1.165) is 7.05 Å². The highest BCUT2D eigenvalue weighted by Gasteiger charge is 2.51. The van der Waals surface area contributed by atoms with Crippen molar-refractivity contribution >= 4 is 11.9 Å². The van der Waals surface area contributed by atoms with Gasteiger partial charge in [0, 0.05) is 0 Å². The Kier molecular flexibility index (Phi) is 4.69. The zero-order valence-corrected chi connectivity index (χ0v) is 8.02. The number of carbonyl (C=O) groups is 2. The number of hydrogen-bond acceptors (Lipinski definition) is 4. The van der Waals surface area contributed by atoms with E-state index in [-0.39, 0.29) is 0 Å². The number of nitrogens with one attached hydrogen (secondary N) is 1. The number of aliphatic hydroxyl groups is 1. The van der Waals surface area contributed by atoms with Crippen LogP contribution < -0.4 is 5.32 Å². The maximum Gasteiger partial charge on any atom is 0.404 e. The first kappa shape index (κ1) is 14.6. The molecule has 4 N–H and O–H groups in total.